The predicted molar refractivity (Wildman–Crippen MR) is 112 cm³/mol. The number of hydrogen-bond acceptors (Lipinski definition) is 2. The lowest BCUT2D eigenvalue weighted by molar-refractivity contribution is 0.590. The summed E-state index contributed by atoms with van der Waals surface area (Å²) in [6.45, 7) is 6.61. The molecule has 0 radical (unpaired) electrons. The van der Waals surface area contributed by atoms with Gasteiger partial charge in [-0.15, -0.1) is 0 Å². The number of hydrogen-bond donors (Lipinski definition) is 1. The van der Waals surface area contributed by atoms with Gasteiger partial charge in [0.15, 0.2) is 5.82 Å². The lowest BCUT2D eigenvalue weighted by Gasteiger charge is -2.18. The fourth-order valence-corrected chi connectivity index (χ4v) is 2.73. The molecule has 0 saturated heterocycles. The van der Waals surface area contributed by atoms with Crippen molar-refractivity contribution < 1.29 is 0 Å². The quantitative estimate of drug-likeness (QED) is 0.470. The Morgan fingerprint density at radius 3 is 1.56 bits per heavy atom. The van der Waals surface area contributed by atoms with Gasteiger partial charge < -0.3 is 0 Å². The maximum absolute atomic E-state index is 4.11. The van der Waals surface area contributed by atoms with Gasteiger partial charge in [-0.1, -0.05) is 106 Å². The molecule has 27 heavy (non-hydrogen) atoms. The molecule has 0 amide bonds. The molecule has 0 saturated carbocycles. The molecule has 0 aliphatic rings. The average molecular weight is 355 g/mol. The van der Waals surface area contributed by atoms with E-state index in [0.717, 1.165) is 11.4 Å². The Kier molecular flexibility index (Phi) is 5.82. The Morgan fingerprint density at radius 2 is 1.15 bits per heavy atom. The zero-order valence-electron chi connectivity index (χ0n) is 16.1. The molecule has 136 valence electrons. The van der Waals surface area contributed by atoms with Crippen molar-refractivity contribution in [2.75, 3.05) is 0 Å². The Hall–Kier alpha value is -3.20. The second-order valence-corrected chi connectivity index (χ2v) is 7.39. The monoisotopic (exact) mass is 355 g/mol. The minimum absolute atomic E-state index is 0.194. The third kappa shape index (κ3) is 5.14. The standard InChI is InChI=1S/C12H15N3.C12H10/c1-12(2,3)10-6-4-9(5-7-10)11-13-8-14-15-11;1-3-7-11(8-4-1)12-9-5-2-6-10-12/h4-8H,1-3H3,(H,13,14,15);1-10H. The Labute approximate surface area is 161 Å². The van der Waals surface area contributed by atoms with Gasteiger partial charge in [0.1, 0.15) is 6.33 Å². The molecule has 3 nitrogen and oxygen atoms in total. The summed E-state index contributed by atoms with van der Waals surface area (Å²) in [5, 5.41) is 6.68. The first-order chi connectivity index (χ1) is 13.0. The van der Waals surface area contributed by atoms with Crippen molar-refractivity contribution in [2.24, 2.45) is 0 Å². The van der Waals surface area contributed by atoms with Crippen LogP contribution in [0.1, 0.15) is 26.3 Å². The van der Waals surface area contributed by atoms with Crippen LogP contribution in [-0.4, -0.2) is 15.2 Å². The first-order valence-electron chi connectivity index (χ1n) is 9.11. The van der Waals surface area contributed by atoms with E-state index < -0.39 is 0 Å². The van der Waals surface area contributed by atoms with Crippen LogP contribution in [0.15, 0.2) is 91.3 Å². The van der Waals surface area contributed by atoms with E-state index in [4.69, 9.17) is 0 Å². The fraction of sp³-hybridized carbons (Fsp3) is 0.167. The minimum atomic E-state index is 0.194. The summed E-state index contributed by atoms with van der Waals surface area (Å²) in [6.07, 6.45) is 1.52. The number of H-pyrrole nitrogens is 1. The number of benzene rings is 3. The van der Waals surface area contributed by atoms with Crippen molar-refractivity contribution in [1.29, 1.82) is 0 Å². The van der Waals surface area contributed by atoms with E-state index in [2.05, 4.69) is 109 Å². The largest absolute Gasteiger partial charge is 0.259 e. The van der Waals surface area contributed by atoms with Gasteiger partial charge >= 0.3 is 0 Å². The maximum atomic E-state index is 4.11. The SMILES string of the molecule is CC(C)(C)c1ccc(-c2ncn[nH]2)cc1.c1ccc(-c2ccccc2)cc1. The zero-order chi connectivity index (χ0) is 19.1. The average Bonchev–Trinajstić information content (AvgIpc) is 3.24. The molecule has 1 N–H and O–H groups in total. The maximum Gasteiger partial charge on any atom is 0.155 e. The lowest BCUT2D eigenvalue weighted by atomic mass is 9.87. The van der Waals surface area contributed by atoms with E-state index >= 15 is 0 Å². The summed E-state index contributed by atoms with van der Waals surface area (Å²) in [5.41, 5.74) is 5.14. The number of aromatic amines is 1. The van der Waals surface area contributed by atoms with E-state index in [-0.39, 0.29) is 5.41 Å². The first-order valence-corrected chi connectivity index (χ1v) is 9.11. The molecular weight excluding hydrogens is 330 g/mol. The summed E-state index contributed by atoms with van der Waals surface area (Å²) >= 11 is 0. The molecule has 0 atom stereocenters. The van der Waals surface area contributed by atoms with Crippen LogP contribution in [0.3, 0.4) is 0 Å². The Bertz CT molecular complexity index is 883. The normalized spacial score (nSPS) is 10.8. The van der Waals surface area contributed by atoms with Crippen LogP contribution in [-0.2, 0) is 5.41 Å². The van der Waals surface area contributed by atoms with E-state index in [1.165, 1.54) is 23.0 Å². The summed E-state index contributed by atoms with van der Waals surface area (Å²) in [4.78, 5) is 4.11. The highest BCUT2D eigenvalue weighted by molar-refractivity contribution is 5.62. The molecule has 4 aromatic rings. The van der Waals surface area contributed by atoms with Gasteiger partial charge in [0.2, 0.25) is 0 Å². The molecule has 4 rings (SSSR count). The highest BCUT2D eigenvalue weighted by atomic mass is 15.2. The molecule has 0 unspecified atom stereocenters. The third-order valence-corrected chi connectivity index (χ3v) is 4.32. The summed E-state index contributed by atoms with van der Waals surface area (Å²) < 4.78 is 0. The van der Waals surface area contributed by atoms with E-state index in [9.17, 15) is 0 Å². The Balaban J connectivity index is 0.000000159. The first kappa shape index (κ1) is 18.6. The highest BCUT2D eigenvalue weighted by Crippen LogP contribution is 2.24. The second-order valence-electron chi connectivity index (χ2n) is 7.39. The number of aromatic nitrogens is 3. The molecule has 0 bridgehead atoms. The van der Waals surface area contributed by atoms with Crippen molar-refractivity contribution >= 4 is 0 Å². The second kappa shape index (κ2) is 8.45. The van der Waals surface area contributed by atoms with Crippen molar-refractivity contribution in [1.82, 2.24) is 15.2 Å². The van der Waals surface area contributed by atoms with Gasteiger partial charge in [-0.3, -0.25) is 5.10 Å². The number of nitrogens with one attached hydrogen (secondary N) is 1. The summed E-state index contributed by atoms with van der Waals surface area (Å²) in [6, 6.07) is 29.2. The van der Waals surface area contributed by atoms with Crippen LogP contribution in [0.2, 0.25) is 0 Å². The van der Waals surface area contributed by atoms with Crippen LogP contribution in [0.4, 0.5) is 0 Å². The van der Waals surface area contributed by atoms with Crippen molar-refractivity contribution in [3.05, 3.63) is 96.8 Å². The Morgan fingerprint density at radius 1 is 0.630 bits per heavy atom. The third-order valence-electron chi connectivity index (χ3n) is 4.32. The number of rotatable bonds is 2. The van der Waals surface area contributed by atoms with E-state index in [0.29, 0.717) is 0 Å². The fourth-order valence-electron chi connectivity index (χ4n) is 2.73. The number of nitrogens with zero attached hydrogens (tertiary/aromatic N) is 2. The van der Waals surface area contributed by atoms with Crippen LogP contribution >= 0.6 is 0 Å². The van der Waals surface area contributed by atoms with Gasteiger partial charge in [0.05, 0.1) is 0 Å². The molecule has 1 aromatic heterocycles. The van der Waals surface area contributed by atoms with Gasteiger partial charge in [0.25, 0.3) is 0 Å². The van der Waals surface area contributed by atoms with E-state index in [1.54, 1.807) is 0 Å². The molecule has 1 heterocycles. The topological polar surface area (TPSA) is 41.6 Å². The van der Waals surface area contributed by atoms with Gasteiger partial charge in [-0.25, -0.2) is 4.98 Å². The van der Waals surface area contributed by atoms with Gasteiger partial charge in [-0.05, 0) is 22.1 Å². The van der Waals surface area contributed by atoms with Crippen molar-refractivity contribution in [3.8, 4) is 22.5 Å². The summed E-state index contributed by atoms with van der Waals surface area (Å²) in [5.74, 6) is 0.815. The smallest absolute Gasteiger partial charge is 0.155 e. The minimum Gasteiger partial charge on any atom is -0.259 e. The van der Waals surface area contributed by atoms with Crippen LogP contribution in [0.25, 0.3) is 22.5 Å². The molecule has 0 spiro atoms. The van der Waals surface area contributed by atoms with Crippen LogP contribution < -0.4 is 0 Å². The van der Waals surface area contributed by atoms with Crippen LogP contribution in [0, 0.1) is 0 Å². The van der Waals surface area contributed by atoms with Crippen molar-refractivity contribution in [3.63, 3.8) is 0 Å². The highest BCUT2D eigenvalue weighted by Gasteiger charge is 2.13. The van der Waals surface area contributed by atoms with Crippen LogP contribution in [0.5, 0.6) is 0 Å². The zero-order valence-corrected chi connectivity index (χ0v) is 16.1. The summed E-state index contributed by atoms with van der Waals surface area (Å²) in [7, 11) is 0. The molecule has 3 aromatic carbocycles. The molecule has 0 aliphatic carbocycles. The van der Waals surface area contributed by atoms with E-state index in [1.807, 2.05) is 12.1 Å². The van der Waals surface area contributed by atoms with Gasteiger partial charge in [-0.2, -0.15) is 5.10 Å². The molecular formula is C24H25N3. The van der Waals surface area contributed by atoms with Crippen molar-refractivity contribution in [2.45, 2.75) is 26.2 Å². The van der Waals surface area contributed by atoms with Gasteiger partial charge in [0, 0.05) is 5.56 Å². The lowest BCUT2D eigenvalue weighted by Crippen LogP contribution is -2.10. The predicted octanol–water partition coefficient (Wildman–Crippen LogP) is 6.12. The molecule has 3 heteroatoms. The molecule has 0 fully saturated rings. The molecule has 0 aliphatic heterocycles.